The third kappa shape index (κ3) is 3.73. The van der Waals surface area contributed by atoms with Crippen LogP contribution < -0.4 is 5.32 Å². The first-order valence-corrected chi connectivity index (χ1v) is 11.3. The number of halogens is 4. The molecule has 1 amide bonds. The molecule has 5 rings (SSSR count). The molecular weight excluding hydrogens is 475 g/mol. The summed E-state index contributed by atoms with van der Waals surface area (Å²) in [5.74, 6) is -0.121. The second-order valence-corrected chi connectivity index (χ2v) is 9.23. The SMILES string of the molecule is O=C(c1nn2c(c1Br)N[C@H](c1ccccc1)C[C@H]2C(F)(F)F)N1CCN2CCC[C@@H]2C1. The molecule has 0 unspecified atom stereocenters. The highest BCUT2D eigenvalue weighted by Crippen LogP contribution is 2.46. The van der Waals surface area contributed by atoms with Crippen molar-refractivity contribution in [3.05, 3.63) is 46.1 Å². The Labute approximate surface area is 186 Å². The standard InChI is InChI=1S/C21H23BrF3N5O/c22-17-18(20(31)29-10-9-28-8-4-7-14(28)12-29)27-30-16(21(23,24)25)11-15(26-19(17)30)13-5-2-1-3-6-13/h1-3,5-6,14-16,26H,4,7-12H2/t14-,15+,16+/m1/s1. The van der Waals surface area contributed by atoms with Gasteiger partial charge in [0, 0.05) is 32.1 Å². The number of nitrogens with one attached hydrogen (secondary N) is 1. The molecule has 0 spiro atoms. The third-order valence-electron chi connectivity index (χ3n) is 6.57. The maximum absolute atomic E-state index is 13.9. The zero-order valence-corrected chi connectivity index (χ0v) is 18.4. The second kappa shape index (κ2) is 7.81. The first-order chi connectivity index (χ1) is 14.8. The molecular formula is C21H23BrF3N5O. The number of rotatable bonds is 2. The fourth-order valence-corrected chi connectivity index (χ4v) is 5.50. The molecule has 1 N–H and O–H groups in total. The molecule has 0 radical (unpaired) electrons. The molecule has 2 aromatic rings. The summed E-state index contributed by atoms with van der Waals surface area (Å²) in [7, 11) is 0. The van der Waals surface area contributed by atoms with Crippen molar-refractivity contribution in [1.29, 1.82) is 0 Å². The number of carbonyl (C=O) groups excluding carboxylic acids is 1. The zero-order chi connectivity index (χ0) is 21.8. The van der Waals surface area contributed by atoms with Gasteiger partial charge in [-0.25, -0.2) is 4.68 Å². The lowest BCUT2D eigenvalue weighted by molar-refractivity contribution is -0.173. The van der Waals surface area contributed by atoms with Crippen LogP contribution in [0, 0.1) is 0 Å². The number of anilines is 1. The van der Waals surface area contributed by atoms with Crippen LogP contribution in [0.25, 0.3) is 0 Å². The van der Waals surface area contributed by atoms with E-state index < -0.39 is 18.3 Å². The lowest BCUT2D eigenvalue weighted by atomic mass is 9.97. The summed E-state index contributed by atoms with van der Waals surface area (Å²) in [4.78, 5) is 17.3. The van der Waals surface area contributed by atoms with E-state index >= 15 is 0 Å². The van der Waals surface area contributed by atoms with Crippen LogP contribution in [0.5, 0.6) is 0 Å². The normalized spacial score (nSPS) is 26.3. The van der Waals surface area contributed by atoms with Crippen LogP contribution in [0.3, 0.4) is 0 Å². The molecule has 3 aliphatic heterocycles. The smallest absolute Gasteiger partial charge is 0.362 e. The predicted octanol–water partition coefficient (Wildman–Crippen LogP) is 4.23. The monoisotopic (exact) mass is 497 g/mol. The van der Waals surface area contributed by atoms with Gasteiger partial charge in [-0.15, -0.1) is 0 Å². The van der Waals surface area contributed by atoms with Gasteiger partial charge in [0.05, 0.1) is 10.5 Å². The largest absolute Gasteiger partial charge is 0.410 e. The highest BCUT2D eigenvalue weighted by atomic mass is 79.9. The van der Waals surface area contributed by atoms with Gasteiger partial charge in [0.1, 0.15) is 5.82 Å². The van der Waals surface area contributed by atoms with E-state index in [4.69, 9.17) is 0 Å². The highest BCUT2D eigenvalue weighted by Gasteiger charge is 2.48. The quantitative estimate of drug-likeness (QED) is 0.674. The molecule has 3 aliphatic rings. The van der Waals surface area contributed by atoms with Crippen LogP contribution in [0.15, 0.2) is 34.8 Å². The molecule has 0 aliphatic carbocycles. The highest BCUT2D eigenvalue weighted by molar-refractivity contribution is 9.10. The summed E-state index contributed by atoms with van der Waals surface area (Å²) in [6.45, 7) is 3.00. The van der Waals surface area contributed by atoms with Gasteiger partial charge in [-0.3, -0.25) is 9.69 Å². The van der Waals surface area contributed by atoms with Crippen molar-refractivity contribution in [3.8, 4) is 0 Å². The summed E-state index contributed by atoms with van der Waals surface area (Å²) >= 11 is 3.38. The summed E-state index contributed by atoms with van der Waals surface area (Å²) in [5, 5.41) is 7.34. The summed E-state index contributed by atoms with van der Waals surface area (Å²) in [5.41, 5.74) is 0.804. The topological polar surface area (TPSA) is 53.4 Å². The van der Waals surface area contributed by atoms with Crippen LogP contribution >= 0.6 is 15.9 Å². The Morgan fingerprint density at radius 3 is 2.68 bits per heavy atom. The number of piperazine rings is 1. The van der Waals surface area contributed by atoms with Crippen LogP contribution in [-0.4, -0.2) is 63.9 Å². The van der Waals surface area contributed by atoms with Crippen molar-refractivity contribution in [2.24, 2.45) is 0 Å². The van der Waals surface area contributed by atoms with Gasteiger partial charge < -0.3 is 10.2 Å². The number of alkyl halides is 3. The first-order valence-electron chi connectivity index (χ1n) is 10.5. The number of amides is 1. The van der Waals surface area contributed by atoms with Crippen LogP contribution in [-0.2, 0) is 0 Å². The molecule has 6 nitrogen and oxygen atoms in total. The number of nitrogens with zero attached hydrogens (tertiary/aromatic N) is 4. The van der Waals surface area contributed by atoms with Gasteiger partial charge in [0.2, 0.25) is 0 Å². The summed E-state index contributed by atoms with van der Waals surface area (Å²) < 4.78 is 43.1. The maximum Gasteiger partial charge on any atom is 0.410 e. The van der Waals surface area contributed by atoms with Crippen molar-refractivity contribution in [2.75, 3.05) is 31.5 Å². The number of hydrogen-bond donors (Lipinski definition) is 1. The van der Waals surface area contributed by atoms with Crippen molar-refractivity contribution in [2.45, 2.75) is 43.6 Å². The number of hydrogen-bond acceptors (Lipinski definition) is 4. The lowest BCUT2D eigenvalue weighted by Gasteiger charge is -2.37. The molecule has 1 aromatic heterocycles. The molecule has 2 saturated heterocycles. The van der Waals surface area contributed by atoms with E-state index in [1.807, 2.05) is 6.07 Å². The molecule has 2 fully saturated rings. The first kappa shape index (κ1) is 20.8. The Bertz CT molecular complexity index is 979. The number of carbonyl (C=O) groups is 1. The van der Waals surface area contributed by atoms with Crippen LogP contribution in [0.1, 0.15) is 47.4 Å². The summed E-state index contributed by atoms with van der Waals surface area (Å²) in [6, 6.07) is 7.04. The molecule has 1 aromatic carbocycles. The van der Waals surface area contributed by atoms with E-state index in [2.05, 4.69) is 31.2 Å². The average Bonchev–Trinajstić information content (AvgIpc) is 3.36. The minimum absolute atomic E-state index is 0.0388. The Balaban J connectivity index is 1.47. The number of benzene rings is 1. The summed E-state index contributed by atoms with van der Waals surface area (Å²) in [6.07, 6.45) is -2.51. The van der Waals surface area contributed by atoms with E-state index in [0.29, 0.717) is 23.6 Å². The Hall–Kier alpha value is -2.07. The van der Waals surface area contributed by atoms with Gasteiger partial charge in [-0.05, 0) is 40.9 Å². The number of aromatic nitrogens is 2. The van der Waals surface area contributed by atoms with Crippen molar-refractivity contribution >= 4 is 27.7 Å². The van der Waals surface area contributed by atoms with E-state index in [-0.39, 0.29) is 23.8 Å². The van der Waals surface area contributed by atoms with Crippen molar-refractivity contribution in [1.82, 2.24) is 19.6 Å². The molecule has 31 heavy (non-hydrogen) atoms. The molecule has 0 bridgehead atoms. The van der Waals surface area contributed by atoms with Gasteiger partial charge >= 0.3 is 6.18 Å². The number of fused-ring (bicyclic) bond motifs is 2. The predicted molar refractivity (Wildman–Crippen MR) is 113 cm³/mol. The molecule has 166 valence electrons. The van der Waals surface area contributed by atoms with Crippen LogP contribution in [0.4, 0.5) is 19.0 Å². The molecule has 10 heteroatoms. The minimum atomic E-state index is -4.48. The van der Waals surface area contributed by atoms with Gasteiger partial charge in [0.15, 0.2) is 11.7 Å². The lowest BCUT2D eigenvalue weighted by Crippen LogP contribution is -2.52. The fraction of sp³-hybridized carbons (Fsp3) is 0.524. The van der Waals surface area contributed by atoms with E-state index in [1.54, 1.807) is 29.2 Å². The third-order valence-corrected chi connectivity index (χ3v) is 7.33. The van der Waals surface area contributed by atoms with Gasteiger partial charge in [-0.2, -0.15) is 18.3 Å². The Morgan fingerprint density at radius 2 is 1.94 bits per heavy atom. The van der Waals surface area contributed by atoms with E-state index in [9.17, 15) is 18.0 Å². The van der Waals surface area contributed by atoms with Gasteiger partial charge in [-0.1, -0.05) is 30.3 Å². The molecule has 4 heterocycles. The van der Waals surface area contributed by atoms with Gasteiger partial charge in [0.25, 0.3) is 5.91 Å². The molecule has 0 saturated carbocycles. The van der Waals surface area contributed by atoms with Crippen molar-refractivity contribution in [3.63, 3.8) is 0 Å². The zero-order valence-electron chi connectivity index (χ0n) is 16.8. The van der Waals surface area contributed by atoms with E-state index in [0.717, 1.165) is 36.2 Å². The fourth-order valence-electron chi connectivity index (χ4n) is 4.96. The average molecular weight is 498 g/mol. The van der Waals surface area contributed by atoms with Crippen molar-refractivity contribution < 1.29 is 18.0 Å². The maximum atomic E-state index is 13.9. The Kier molecular flexibility index (Phi) is 5.24. The van der Waals surface area contributed by atoms with E-state index in [1.165, 1.54) is 0 Å². The second-order valence-electron chi connectivity index (χ2n) is 8.44. The van der Waals surface area contributed by atoms with Crippen LogP contribution in [0.2, 0.25) is 0 Å². The molecule has 3 atom stereocenters. The Morgan fingerprint density at radius 1 is 1.16 bits per heavy atom. The minimum Gasteiger partial charge on any atom is -0.362 e.